The average Bonchev–Trinajstić information content (AvgIpc) is 3.17. The van der Waals surface area contributed by atoms with Crippen LogP contribution >= 0.6 is 0 Å². The van der Waals surface area contributed by atoms with Crippen molar-refractivity contribution in [3.63, 3.8) is 0 Å². The molecule has 0 aromatic carbocycles. The summed E-state index contributed by atoms with van der Waals surface area (Å²) in [5, 5.41) is 0. The summed E-state index contributed by atoms with van der Waals surface area (Å²) in [7, 11) is 0. The largest absolute Gasteiger partial charge is 0.462 e. The van der Waals surface area contributed by atoms with Crippen molar-refractivity contribution < 1.29 is 28.6 Å². The van der Waals surface area contributed by atoms with E-state index in [1.807, 2.05) is 0 Å². The Morgan fingerprint density at radius 2 is 0.630 bits per heavy atom. The van der Waals surface area contributed by atoms with E-state index < -0.39 is 6.10 Å². The first-order chi connectivity index (χ1) is 26.5. The molecule has 6 heteroatoms. The molecule has 0 aliphatic carbocycles. The van der Waals surface area contributed by atoms with Gasteiger partial charge in [-0.3, -0.25) is 14.4 Å². The van der Waals surface area contributed by atoms with Gasteiger partial charge in [-0.2, -0.15) is 0 Å². The Labute approximate surface area is 334 Å². The lowest BCUT2D eigenvalue weighted by molar-refractivity contribution is -0.167. The maximum Gasteiger partial charge on any atom is 0.306 e. The number of esters is 3. The zero-order valence-electron chi connectivity index (χ0n) is 35.7. The van der Waals surface area contributed by atoms with Crippen LogP contribution in [0.5, 0.6) is 0 Å². The van der Waals surface area contributed by atoms with Crippen LogP contribution in [0.25, 0.3) is 0 Å². The number of allylic oxidation sites excluding steroid dienone is 6. The lowest BCUT2D eigenvalue weighted by Gasteiger charge is -2.18. The van der Waals surface area contributed by atoms with Gasteiger partial charge in [0.1, 0.15) is 13.2 Å². The van der Waals surface area contributed by atoms with E-state index in [0.717, 1.165) is 83.5 Å². The molecule has 0 bridgehead atoms. The maximum absolute atomic E-state index is 12.7. The first-order valence-electron chi connectivity index (χ1n) is 23.0. The van der Waals surface area contributed by atoms with Crippen molar-refractivity contribution >= 4 is 17.9 Å². The van der Waals surface area contributed by atoms with Crippen molar-refractivity contribution in [2.24, 2.45) is 0 Å². The molecule has 0 saturated heterocycles. The zero-order valence-corrected chi connectivity index (χ0v) is 35.7. The SMILES string of the molecule is CCCC/C=C\CCCCCCCC(=O)OC[C@H](COC(=O)CCCCCCC/C=C\CCCCCC)OC(=O)CCCCCCC/C=C\CCCCC. The summed E-state index contributed by atoms with van der Waals surface area (Å²) in [6, 6.07) is 0. The molecule has 0 rings (SSSR count). The summed E-state index contributed by atoms with van der Waals surface area (Å²) in [5.74, 6) is -0.909. The Kier molecular flexibility index (Phi) is 41.5. The van der Waals surface area contributed by atoms with Crippen LogP contribution in [0.4, 0.5) is 0 Å². The predicted molar refractivity (Wildman–Crippen MR) is 229 cm³/mol. The minimum Gasteiger partial charge on any atom is -0.462 e. The molecule has 0 radical (unpaired) electrons. The zero-order chi connectivity index (χ0) is 39.4. The third-order valence-electron chi connectivity index (χ3n) is 9.84. The molecular weight excluding hydrogens is 673 g/mol. The van der Waals surface area contributed by atoms with Crippen LogP contribution in [-0.2, 0) is 28.6 Å². The predicted octanol–water partition coefficient (Wildman–Crippen LogP) is 14.6. The van der Waals surface area contributed by atoms with E-state index in [4.69, 9.17) is 14.2 Å². The third-order valence-corrected chi connectivity index (χ3v) is 9.84. The first-order valence-corrected chi connectivity index (χ1v) is 23.0. The fourth-order valence-corrected chi connectivity index (χ4v) is 6.29. The van der Waals surface area contributed by atoms with E-state index >= 15 is 0 Å². The third kappa shape index (κ3) is 40.8. The highest BCUT2D eigenvalue weighted by Gasteiger charge is 2.19. The van der Waals surface area contributed by atoms with Gasteiger partial charge in [0.25, 0.3) is 0 Å². The van der Waals surface area contributed by atoms with E-state index in [2.05, 4.69) is 57.2 Å². The van der Waals surface area contributed by atoms with Crippen molar-refractivity contribution in [3.05, 3.63) is 36.5 Å². The van der Waals surface area contributed by atoms with Gasteiger partial charge in [0.05, 0.1) is 0 Å². The molecule has 0 fully saturated rings. The minimum absolute atomic E-state index is 0.0819. The topological polar surface area (TPSA) is 78.9 Å². The van der Waals surface area contributed by atoms with Crippen LogP contribution in [0.15, 0.2) is 36.5 Å². The number of hydrogen-bond donors (Lipinski definition) is 0. The highest BCUT2D eigenvalue weighted by Crippen LogP contribution is 2.13. The van der Waals surface area contributed by atoms with Gasteiger partial charge < -0.3 is 14.2 Å². The van der Waals surface area contributed by atoms with Crippen LogP contribution in [0.3, 0.4) is 0 Å². The fourth-order valence-electron chi connectivity index (χ4n) is 6.29. The number of carbonyl (C=O) groups is 3. The van der Waals surface area contributed by atoms with Crippen LogP contribution in [0.1, 0.15) is 233 Å². The molecule has 54 heavy (non-hydrogen) atoms. The second kappa shape index (κ2) is 43.4. The van der Waals surface area contributed by atoms with Gasteiger partial charge in [-0.25, -0.2) is 0 Å². The molecule has 0 N–H and O–H groups in total. The molecule has 0 aliphatic rings. The highest BCUT2D eigenvalue weighted by atomic mass is 16.6. The molecule has 0 aromatic heterocycles. The fraction of sp³-hybridized carbons (Fsp3) is 0.812. The van der Waals surface area contributed by atoms with Gasteiger partial charge in [-0.15, -0.1) is 0 Å². The number of unbranched alkanes of at least 4 members (excludes halogenated alkanes) is 24. The van der Waals surface area contributed by atoms with E-state index in [-0.39, 0.29) is 31.1 Å². The normalized spacial score (nSPS) is 12.3. The second-order valence-electron chi connectivity index (χ2n) is 15.3. The van der Waals surface area contributed by atoms with Crippen LogP contribution < -0.4 is 0 Å². The molecule has 0 amide bonds. The Balaban J connectivity index is 4.40. The molecule has 1 atom stereocenters. The van der Waals surface area contributed by atoms with E-state index in [9.17, 15) is 14.4 Å². The molecule has 6 nitrogen and oxygen atoms in total. The van der Waals surface area contributed by atoms with Gasteiger partial charge in [-0.1, -0.05) is 160 Å². The molecule has 0 heterocycles. The number of hydrogen-bond acceptors (Lipinski definition) is 6. The van der Waals surface area contributed by atoms with Gasteiger partial charge in [0.2, 0.25) is 0 Å². The summed E-state index contributed by atoms with van der Waals surface area (Å²) in [6.07, 6.45) is 48.3. The molecule has 0 aliphatic heterocycles. The Morgan fingerprint density at radius 1 is 0.352 bits per heavy atom. The Morgan fingerprint density at radius 3 is 1.02 bits per heavy atom. The van der Waals surface area contributed by atoms with Crippen molar-refractivity contribution in [1.82, 2.24) is 0 Å². The summed E-state index contributed by atoms with van der Waals surface area (Å²) in [4.78, 5) is 37.7. The van der Waals surface area contributed by atoms with Gasteiger partial charge >= 0.3 is 17.9 Å². The summed E-state index contributed by atoms with van der Waals surface area (Å²) < 4.78 is 16.7. The number of carbonyl (C=O) groups excluding carboxylic acids is 3. The first kappa shape index (κ1) is 51.6. The van der Waals surface area contributed by atoms with E-state index in [0.29, 0.717) is 19.3 Å². The van der Waals surface area contributed by atoms with Gasteiger partial charge in [0, 0.05) is 19.3 Å². The Bertz CT molecular complexity index is 922. The van der Waals surface area contributed by atoms with Crippen LogP contribution in [-0.4, -0.2) is 37.2 Å². The smallest absolute Gasteiger partial charge is 0.306 e. The molecule has 314 valence electrons. The van der Waals surface area contributed by atoms with E-state index in [1.165, 1.54) is 109 Å². The molecular formula is C48H86O6. The van der Waals surface area contributed by atoms with Crippen molar-refractivity contribution in [3.8, 4) is 0 Å². The lowest BCUT2D eigenvalue weighted by atomic mass is 10.1. The molecule has 0 saturated carbocycles. The Hall–Kier alpha value is -2.37. The van der Waals surface area contributed by atoms with Crippen LogP contribution in [0, 0.1) is 0 Å². The van der Waals surface area contributed by atoms with Crippen molar-refractivity contribution in [2.45, 2.75) is 239 Å². The van der Waals surface area contributed by atoms with Gasteiger partial charge in [0.15, 0.2) is 6.10 Å². The summed E-state index contributed by atoms with van der Waals surface area (Å²) in [5.41, 5.74) is 0. The van der Waals surface area contributed by atoms with Crippen LogP contribution in [0.2, 0.25) is 0 Å². The average molecular weight is 759 g/mol. The number of ether oxygens (including phenoxy) is 3. The van der Waals surface area contributed by atoms with Gasteiger partial charge in [-0.05, 0) is 89.9 Å². The summed E-state index contributed by atoms with van der Waals surface area (Å²) in [6.45, 7) is 6.53. The van der Waals surface area contributed by atoms with Crippen molar-refractivity contribution in [2.75, 3.05) is 13.2 Å². The minimum atomic E-state index is -0.778. The van der Waals surface area contributed by atoms with E-state index in [1.54, 1.807) is 0 Å². The monoisotopic (exact) mass is 759 g/mol. The lowest BCUT2D eigenvalue weighted by Crippen LogP contribution is -2.30. The number of rotatable bonds is 41. The highest BCUT2D eigenvalue weighted by molar-refractivity contribution is 5.71. The molecule has 0 aromatic rings. The standard InChI is InChI=1S/C48H86O6/c1-4-7-10-13-16-19-22-24-27-29-32-35-38-41-47(50)53-44-45(43-52-46(49)40-37-34-31-28-25-21-18-15-12-9-6-3)54-48(51)42-39-36-33-30-26-23-20-17-14-11-8-5-2/h15,17-20,22,45H,4-14,16,21,23-44H2,1-3H3/b18-15-,20-17-,22-19-/t45-/m1/s1. The maximum atomic E-state index is 12.7. The summed E-state index contributed by atoms with van der Waals surface area (Å²) >= 11 is 0. The quantitative estimate of drug-likeness (QED) is 0.0267. The molecule has 0 spiro atoms. The second-order valence-corrected chi connectivity index (χ2v) is 15.3. The van der Waals surface area contributed by atoms with Crippen molar-refractivity contribution in [1.29, 1.82) is 0 Å². The molecule has 0 unspecified atom stereocenters.